The highest BCUT2D eigenvalue weighted by atomic mass is 16.5. The molecule has 0 radical (unpaired) electrons. The molecular formula is C29H37N2O3+. The van der Waals surface area contributed by atoms with E-state index >= 15 is 0 Å². The van der Waals surface area contributed by atoms with Crippen molar-refractivity contribution in [2.75, 3.05) is 13.1 Å². The fraction of sp³-hybridized carbons (Fsp3) is 0.483. The van der Waals surface area contributed by atoms with Gasteiger partial charge < -0.3 is 19.2 Å². The molecule has 1 aliphatic carbocycles. The third-order valence-electron chi connectivity index (χ3n) is 7.93. The number of oxazole rings is 1. The number of likely N-dealkylation sites (tertiary alicyclic amines) is 1. The monoisotopic (exact) mass is 461 g/mol. The van der Waals surface area contributed by atoms with Gasteiger partial charge in [0.25, 0.3) is 0 Å². The van der Waals surface area contributed by atoms with Crippen molar-refractivity contribution in [2.24, 2.45) is 11.8 Å². The smallest absolute Gasteiger partial charge is 0.231 e. The Labute approximate surface area is 202 Å². The maximum absolute atomic E-state index is 11.8. The molecule has 1 saturated heterocycles. The highest BCUT2D eigenvalue weighted by Gasteiger charge is 2.47. The van der Waals surface area contributed by atoms with Gasteiger partial charge in [-0.25, -0.2) is 4.98 Å². The van der Waals surface area contributed by atoms with E-state index in [1.54, 1.807) is 0 Å². The topological polar surface area (TPSA) is 59.9 Å². The second-order valence-corrected chi connectivity index (χ2v) is 10.1. The van der Waals surface area contributed by atoms with Crippen molar-refractivity contribution in [1.82, 2.24) is 4.98 Å². The lowest BCUT2D eigenvalue weighted by atomic mass is 9.69. The van der Waals surface area contributed by atoms with E-state index < -0.39 is 5.60 Å². The van der Waals surface area contributed by atoms with Crippen LogP contribution < -0.4 is 4.90 Å². The third kappa shape index (κ3) is 4.83. The van der Waals surface area contributed by atoms with Crippen LogP contribution in [0.25, 0.3) is 0 Å². The minimum atomic E-state index is -1.15. The van der Waals surface area contributed by atoms with E-state index in [-0.39, 0.29) is 12.0 Å². The Kier molecular flexibility index (Phi) is 7.14. The molecule has 0 spiro atoms. The number of rotatable bonds is 9. The van der Waals surface area contributed by atoms with Crippen molar-refractivity contribution >= 4 is 0 Å². The summed E-state index contributed by atoms with van der Waals surface area (Å²) in [6.07, 6.45) is 7.51. The Bertz CT molecular complexity index is 1030. The Balaban J connectivity index is 1.27. The molecule has 180 valence electrons. The quantitative estimate of drug-likeness (QED) is 0.504. The largest absolute Gasteiger partial charge is 0.436 e. The van der Waals surface area contributed by atoms with Crippen LogP contribution in [0, 0.1) is 11.8 Å². The van der Waals surface area contributed by atoms with E-state index in [1.165, 1.54) is 10.5 Å². The molecule has 0 bridgehead atoms. The van der Waals surface area contributed by atoms with E-state index in [4.69, 9.17) is 9.15 Å². The fourth-order valence-corrected chi connectivity index (χ4v) is 5.59. The van der Waals surface area contributed by atoms with Crippen LogP contribution in [0.4, 0.5) is 0 Å². The van der Waals surface area contributed by atoms with Crippen molar-refractivity contribution < 1.29 is 19.2 Å². The summed E-state index contributed by atoms with van der Waals surface area (Å²) in [7, 11) is 0. The molecule has 0 amide bonds. The Morgan fingerprint density at radius 1 is 1.06 bits per heavy atom. The number of aromatic nitrogens is 1. The predicted octanol–water partition coefficient (Wildman–Crippen LogP) is 4.11. The molecule has 34 heavy (non-hydrogen) atoms. The first-order valence-corrected chi connectivity index (χ1v) is 12.9. The molecular weight excluding hydrogens is 424 g/mol. The Morgan fingerprint density at radius 3 is 2.47 bits per heavy atom. The lowest BCUT2D eigenvalue weighted by Crippen LogP contribution is -3.13. The van der Waals surface area contributed by atoms with Crippen LogP contribution in [0.2, 0.25) is 0 Å². The fourth-order valence-electron chi connectivity index (χ4n) is 5.59. The van der Waals surface area contributed by atoms with Crippen LogP contribution in [0.15, 0.2) is 71.3 Å². The molecule has 5 nitrogen and oxygen atoms in total. The van der Waals surface area contributed by atoms with Gasteiger partial charge in [0.15, 0.2) is 11.4 Å². The van der Waals surface area contributed by atoms with E-state index in [2.05, 4.69) is 36.2 Å². The Morgan fingerprint density at radius 2 is 1.79 bits per heavy atom. The number of ether oxygens (including phenoxy) is 1. The summed E-state index contributed by atoms with van der Waals surface area (Å²) in [4.78, 5) is 6.05. The molecule has 2 heterocycles. The normalized spacial score (nSPS) is 24.9. The SMILES string of the molecule is CCC1CC[NH+](Cc2cnc(C(O)(c3ccccc3)C3CCC3)o2)CC1OCc1ccccc1. The molecule has 1 saturated carbocycles. The second kappa shape index (κ2) is 10.4. The minimum absolute atomic E-state index is 0.157. The van der Waals surface area contributed by atoms with Gasteiger partial charge in [-0.1, -0.05) is 80.4 Å². The Hall–Kier alpha value is -2.47. The number of nitrogens with zero attached hydrogens (tertiary/aromatic N) is 1. The molecule has 2 fully saturated rings. The van der Waals surface area contributed by atoms with E-state index in [1.807, 2.05) is 42.6 Å². The van der Waals surface area contributed by atoms with Gasteiger partial charge >= 0.3 is 0 Å². The van der Waals surface area contributed by atoms with Crippen molar-refractivity contribution in [3.05, 3.63) is 89.6 Å². The zero-order valence-corrected chi connectivity index (χ0v) is 20.2. The first kappa shape index (κ1) is 23.3. The van der Waals surface area contributed by atoms with E-state index in [9.17, 15) is 5.11 Å². The number of hydrogen-bond acceptors (Lipinski definition) is 4. The molecule has 5 heteroatoms. The highest BCUT2D eigenvalue weighted by Crippen LogP contribution is 2.46. The molecule has 2 N–H and O–H groups in total. The first-order chi connectivity index (χ1) is 16.7. The number of nitrogens with one attached hydrogen (secondary N) is 1. The summed E-state index contributed by atoms with van der Waals surface area (Å²) in [5, 5.41) is 11.8. The standard InChI is InChI=1S/C29H36N2O3/c1-2-23-16-17-31(20-27(23)33-21-22-10-5-3-6-11-22)19-26-18-30-28(34-26)29(32,25-14-9-15-25)24-12-7-4-8-13-24/h3-8,10-13,18,23,25,27,32H,2,9,14-17,19-21H2,1H3/p+1. The second-order valence-electron chi connectivity index (χ2n) is 10.1. The molecule has 3 aromatic rings. The van der Waals surface area contributed by atoms with E-state index in [0.717, 1.165) is 63.1 Å². The number of benzene rings is 2. The summed E-state index contributed by atoms with van der Waals surface area (Å²) >= 11 is 0. The number of aliphatic hydroxyl groups is 1. The van der Waals surface area contributed by atoms with Gasteiger partial charge in [-0.3, -0.25) is 0 Å². The van der Waals surface area contributed by atoms with Crippen molar-refractivity contribution in [3.8, 4) is 0 Å². The summed E-state index contributed by atoms with van der Waals surface area (Å²) in [5.74, 6) is 2.04. The summed E-state index contributed by atoms with van der Waals surface area (Å²) in [6, 6.07) is 20.3. The third-order valence-corrected chi connectivity index (χ3v) is 7.93. The first-order valence-electron chi connectivity index (χ1n) is 12.9. The molecule has 1 aliphatic heterocycles. The predicted molar refractivity (Wildman–Crippen MR) is 131 cm³/mol. The average molecular weight is 462 g/mol. The van der Waals surface area contributed by atoms with Gasteiger partial charge in [0.05, 0.1) is 19.3 Å². The molecule has 1 aromatic heterocycles. The maximum Gasteiger partial charge on any atom is 0.231 e. The zero-order valence-electron chi connectivity index (χ0n) is 20.2. The molecule has 2 aliphatic rings. The van der Waals surface area contributed by atoms with Crippen molar-refractivity contribution in [2.45, 2.75) is 63.9 Å². The number of piperidine rings is 1. The summed E-state index contributed by atoms with van der Waals surface area (Å²) in [6.45, 7) is 5.76. The zero-order chi connectivity index (χ0) is 23.4. The van der Waals surface area contributed by atoms with Gasteiger partial charge in [0, 0.05) is 12.3 Å². The lowest BCUT2D eigenvalue weighted by molar-refractivity contribution is -0.924. The summed E-state index contributed by atoms with van der Waals surface area (Å²) < 4.78 is 12.7. The van der Waals surface area contributed by atoms with Gasteiger partial charge in [-0.2, -0.15) is 0 Å². The molecule has 5 rings (SSSR count). The molecule has 4 unspecified atom stereocenters. The van der Waals surface area contributed by atoms with Gasteiger partial charge in [-0.15, -0.1) is 0 Å². The number of hydrogen-bond donors (Lipinski definition) is 2. The van der Waals surface area contributed by atoms with E-state index in [0.29, 0.717) is 18.4 Å². The van der Waals surface area contributed by atoms with Gasteiger partial charge in [0.2, 0.25) is 5.89 Å². The minimum Gasteiger partial charge on any atom is -0.436 e. The number of quaternary nitrogens is 1. The van der Waals surface area contributed by atoms with Crippen LogP contribution in [-0.4, -0.2) is 29.3 Å². The van der Waals surface area contributed by atoms with Gasteiger partial charge in [0.1, 0.15) is 19.2 Å². The van der Waals surface area contributed by atoms with Crippen LogP contribution in [0.3, 0.4) is 0 Å². The van der Waals surface area contributed by atoms with Crippen LogP contribution in [0.1, 0.15) is 61.8 Å². The van der Waals surface area contributed by atoms with Crippen LogP contribution in [0.5, 0.6) is 0 Å². The van der Waals surface area contributed by atoms with Crippen molar-refractivity contribution in [3.63, 3.8) is 0 Å². The molecule has 2 aromatic carbocycles. The highest BCUT2D eigenvalue weighted by molar-refractivity contribution is 5.30. The molecule has 4 atom stereocenters. The van der Waals surface area contributed by atoms with Crippen LogP contribution in [-0.2, 0) is 23.5 Å². The van der Waals surface area contributed by atoms with Crippen molar-refractivity contribution in [1.29, 1.82) is 0 Å². The van der Waals surface area contributed by atoms with Crippen LogP contribution >= 0.6 is 0 Å². The maximum atomic E-state index is 11.8. The lowest BCUT2D eigenvalue weighted by Gasteiger charge is -2.39. The van der Waals surface area contributed by atoms with Gasteiger partial charge in [-0.05, 0) is 29.9 Å². The average Bonchev–Trinajstić information content (AvgIpc) is 3.32. The summed E-state index contributed by atoms with van der Waals surface area (Å²) in [5.41, 5.74) is 0.947.